The van der Waals surface area contributed by atoms with Crippen LogP contribution in [0, 0.1) is 5.92 Å². The normalized spacial score (nSPS) is 20.2. The van der Waals surface area contributed by atoms with Crippen molar-refractivity contribution in [3.05, 3.63) is 47.5 Å². The fraction of sp³-hybridized carbons (Fsp3) is 0.556. The maximum Gasteiger partial charge on any atom is -0.0156 e. The molecule has 18 heavy (non-hydrogen) atoms. The molecule has 0 aromatic heterocycles. The Bertz CT molecular complexity index is 360. The first kappa shape index (κ1) is 13.4. The van der Waals surface area contributed by atoms with Gasteiger partial charge in [-0.2, -0.15) is 0 Å². The summed E-state index contributed by atoms with van der Waals surface area (Å²) in [6.07, 6.45) is 10.5. The minimum absolute atomic E-state index is 0.796. The van der Waals surface area contributed by atoms with Gasteiger partial charge in [0.25, 0.3) is 0 Å². The van der Waals surface area contributed by atoms with Gasteiger partial charge in [0.2, 0.25) is 0 Å². The standard InChI is InChI=1S/C18H26/c1-3-15(4-2)14-16-10-12-18(13-11-16)17-8-6-5-7-9-17/h5-9,14-15,18H,3-4,10-13H2,1-2H3. The van der Waals surface area contributed by atoms with Crippen molar-refractivity contribution >= 4 is 0 Å². The summed E-state index contributed by atoms with van der Waals surface area (Å²) in [5.41, 5.74) is 3.26. The highest BCUT2D eigenvalue weighted by atomic mass is 14.2. The second kappa shape index (κ2) is 6.78. The van der Waals surface area contributed by atoms with E-state index in [1.54, 1.807) is 11.1 Å². The molecule has 0 nitrogen and oxygen atoms in total. The predicted molar refractivity (Wildman–Crippen MR) is 79.8 cm³/mol. The van der Waals surface area contributed by atoms with E-state index in [2.05, 4.69) is 50.3 Å². The molecule has 0 atom stereocenters. The van der Waals surface area contributed by atoms with Gasteiger partial charge in [-0.25, -0.2) is 0 Å². The van der Waals surface area contributed by atoms with E-state index in [0.29, 0.717) is 0 Å². The minimum atomic E-state index is 0.796. The van der Waals surface area contributed by atoms with Crippen molar-refractivity contribution in [3.63, 3.8) is 0 Å². The largest absolute Gasteiger partial charge is 0.0822 e. The number of hydrogen-bond acceptors (Lipinski definition) is 0. The summed E-state index contributed by atoms with van der Waals surface area (Å²) in [4.78, 5) is 0. The van der Waals surface area contributed by atoms with Gasteiger partial charge in [-0.15, -0.1) is 0 Å². The zero-order valence-corrected chi connectivity index (χ0v) is 11.9. The Morgan fingerprint density at radius 1 is 1.06 bits per heavy atom. The van der Waals surface area contributed by atoms with Gasteiger partial charge < -0.3 is 0 Å². The molecule has 0 N–H and O–H groups in total. The van der Waals surface area contributed by atoms with Crippen LogP contribution >= 0.6 is 0 Å². The maximum atomic E-state index is 2.57. The molecule has 1 saturated carbocycles. The van der Waals surface area contributed by atoms with E-state index in [0.717, 1.165) is 11.8 Å². The van der Waals surface area contributed by atoms with E-state index >= 15 is 0 Å². The van der Waals surface area contributed by atoms with Crippen LogP contribution in [-0.2, 0) is 0 Å². The van der Waals surface area contributed by atoms with E-state index < -0.39 is 0 Å². The first-order valence-corrected chi connectivity index (χ1v) is 7.58. The third-order valence-corrected chi connectivity index (χ3v) is 4.42. The Balaban J connectivity index is 1.92. The van der Waals surface area contributed by atoms with Crippen LogP contribution in [0.15, 0.2) is 42.0 Å². The highest BCUT2D eigenvalue weighted by molar-refractivity contribution is 5.22. The van der Waals surface area contributed by atoms with Gasteiger partial charge in [0, 0.05) is 0 Å². The van der Waals surface area contributed by atoms with E-state index in [1.807, 2.05) is 0 Å². The van der Waals surface area contributed by atoms with Gasteiger partial charge in [-0.3, -0.25) is 0 Å². The number of benzene rings is 1. The number of hydrogen-bond donors (Lipinski definition) is 0. The van der Waals surface area contributed by atoms with Gasteiger partial charge in [0.1, 0.15) is 0 Å². The van der Waals surface area contributed by atoms with Crippen LogP contribution in [0.3, 0.4) is 0 Å². The van der Waals surface area contributed by atoms with Crippen molar-refractivity contribution in [3.8, 4) is 0 Å². The van der Waals surface area contributed by atoms with Crippen molar-refractivity contribution < 1.29 is 0 Å². The van der Waals surface area contributed by atoms with Crippen LogP contribution in [0.1, 0.15) is 63.9 Å². The molecule has 0 spiro atoms. The fourth-order valence-electron chi connectivity index (χ4n) is 3.07. The molecule has 0 heterocycles. The van der Waals surface area contributed by atoms with Gasteiger partial charge in [0.05, 0.1) is 0 Å². The molecule has 2 rings (SSSR count). The highest BCUT2D eigenvalue weighted by Crippen LogP contribution is 2.36. The molecule has 1 aromatic carbocycles. The van der Waals surface area contributed by atoms with Crippen LogP contribution < -0.4 is 0 Å². The summed E-state index contributed by atoms with van der Waals surface area (Å²) in [5.74, 6) is 1.61. The molecule has 0 aliphatic heterocycles. The lowest BCUT2D eigenvalue weighted by molar-refractivity contribution is 0.505. The summed E-state index contributed by atoms with van der Waals surface area (Å²) in [6.45, 7) is 4.61. The maximum absolute atomic E-state index is 2.57. The molecule has 98 valence electrons. The SMILES string of the molecule is CCC(C=C1CCC(c2ccccc2)CC1)CC. The summed E-state index contributed by atoms with van der Waals surface area (Å²) in [7, 11) is 0. The average Bonchev–Trinajstić information content (AvgIpc) is 2.46. The van der Waals surface area contributed by atoms with Crippen molar-refractivity contribution in [2.45, 2.75) is 58.3 Å². The van der Waals surface area contributed by atoms with E-state index in [9.17, 15) is 0 Å². The van der Waals surface area contributed by atoms with Crippen molar-refractivity contribution in [1.29, 1.82) is 0 Å². The van der Waals surface area contributed by atoms with Crippen LogP contribution in [0.25, 0.3) is 0 Å². The Morgan fingerprint density at radius 2 is 1.67 bits per heavy atom. The van der Waals surface area contributed by atoms with Crippen LogP contribution in [-0.4, -0.2) is 0 Å². The average molecular weight is 242 g/mol. The molecule has 0 saturated heterocycles. The summed E-state index contributed by atoms with van der Waals surface area (Å²) in [6, 6.07) is 11.0. The Labute approximate surface area is 112 Å². The van der Waals surface area contributed by atoms with Gasteiger partial charge in [-0.05, 0) is 55.9 Å². The lowest BCUT2D eigenvalue weighted by Gasteiger charge is -2.25. The van der Waals surface area contributed by atoms with E-state index in [-0.39, 0.29) is 0 Å². The van der Waals surface area contributed by atoms with Crippen molar-refractivity contribution in [2.24, 2.45) is 5.92 Å². The Morgan fingerprint density at radius 3 is 2.22 bits per heavy atom. The van der Waals surface area contributed by atoms with Gasteiger partial charge >= 0.3 is 0 Å². The number of allylic oxidation sites excluding steroid dienone is 2. The molecule has 0 unspecified atom stereocenters. The summed E-state index contributed by atoms with van der Waals surface area (Å²) >= 11 is 0. The smallest absolute Gasteiger partial charge is 0.0156 e. The third-order valence-electron chi connectivity index (χ3n) is 4.42. The summed E-state index contributed by atoms with van der Waals surface area (Å²) in [5, 5.41) is 0. The second-order valence-corrected chi connectivity index (χ2v) is 5.59. The topological polar surface area (TPSA) is 0 Å². The molecule has 0 bridgehead atoms. The highest BCUT2D eigenvalue weighted by Gasteiger charge is 2.18. The monoisotopic (exact) mass is 242 g/mol. The molecule has 1 aliphatic carbocycles. The zero-order valence-electron chi connectivity index (χ0n) is 11.9. The Kier molecular flexibility index (Phi) is 5.04. The molecular weight excluding hydrogens is 216 g/mol. The second-order valence-electron chi connectivity index (χ2n) is 5.59. The van der Waals surface area contributed by atoms with Crippen molar-refractivity contribution in [2.75, 3.05) is 0 Å². The molecular formula is C18H26. The Hall–Kier alpha value is -1.04. The first-order valence-electron chi connectivity index (χ1n) is 7.58. The van der Waals surface area contributed by atoms with Crippen molar-refractivity contribution in [1.82, 2.24) is 0 Å². The molecule has 0 amide bonds. The molecule has 1 fully saturated rings. The van der Waals surface area contributed by atoms with Gasteiger partial charge in [0.15, 0.2) is 0 Å². The zero-order chi connectivity index (χ0) is 12.8. The number of rotatable bonds is 4. The quantitative estimate of drug-likeness (QED) is 0.593. The summed E-state index contributed by atoms with van der Waals surface area (Å²) < 4.78 is 0. The minimum Gasteiger partial charge on any atom is -0.0822 e. The first-order chi connectivity index (χ1) is 8.83. The molecule has 0 radical (unpaired) electrons. The third kappa shape index (κ3) is 3.48. The van der Waals surface area contributed by atoms with E-state index in [4.69, 9.17) is 0 Å². The molecule has 1 aromatic rings. The van der Waals surface area contributed by atoms with E-state index in [1.165, 1.54) is 38.5 Å². The molecule has 1 aliphatic rings. The lowest BCUT2D eigenvalue weighted by Crippen LogP contribution is -2.07. The van der Waals surface area contributed by atoms with Crippen LogP contribution in [0.2, 0.25) is 0 Å². The van der Waals surface area contributed by atoms with Crippen LogP contribution in [0.5, 0.6) is 0 Å². The van der Waals surface area contributed by atoms with Crippen LogP contribution in [0.4, 0.5) is 0 Å². The fourth-order valence-corrected chi connectivity index (χ4v) is 3.07. The van der Waals surface area contributed by atoms with Gasteiger partial charge in [-0.1, -0.05) is 55.8 Å². The molecule has 0 heteroatoms. The predicted octanol–water partition coefficient (Wildman–Crippen LogP) is 5.71. The lowest BCUT2D eigenvalue weighted by atomic mass is 9.80.